The van der Waals surface area contributed by atoms with E-state index in [0.29, 0.717) is 11.8 Å². The lowest BCUT2D eigenvalue weighted by atomic mass is 9.84. The Hall–Kier alpha value is -2.49. The van der Waals surface area contributed by atoms with Crippen LogP contribution < -0.4 is 0 Å². The summed E-state index contributed by atoms with van der Waals surface area (Å²) in [6.07, 6.45) is 4.30. The molecule has 1 atom stereocenters. The lowest BCUT2D eigenvalue weighted by molar-refractivity contribution is 0.463. The van der Waals surface area contributed by atoms with Gasteiger partial charge in [-0.25, -0.2) is 9.37 Å². The Morgan fingerprint density at radius 2 is 2.13 bits per heavy atom. The first-order valence-electron chi connectivity index (χ1n) is 7.86. The van der Waals surface area contributed by atoms with Crippen molar-refractivity contribution in [2.75, 3.05) is 0 Å². The van der Waals surface area contributed by atoms with Crippen LogP contribution in [-0.2, 0) is 12.8 Å². The monoisotopic (exact) mass is 308 g/mol. The molecule has 4 rings (SSSR count). The number of hydrogen-bond donors (Lipinski definition) is 0. The molecule has 0 saturated carbocycles. The molecule has 0 spiro atoms. The fourth-order valence-electron chi connectivity index (χ4n) is 3.26. The Bertz CT molecular complexity index is 822. The van der Waals surface area contributed by atoms with E-state index in [0.717, 1.165) is 47.5 Å². The van der Waals surface area contributed by atoms with Gasteiger partial charge in [-0.2, -0.15) is 0 Å². The Balaban J connectivity index is 1.63. The molecule has 2 heterocycles. The highest BCUT2D eigenvalue weighted by Gasteiger charge is 2.26. The predicted molar refractivity (Wildman–Crippen MR) is 85.6 cm³/mol. The fourth-order valence-corrected chi connectivity index (χ4v) is 3.26. The largest absolute Gasteiger partial charge is 0.440 e. The number of benzene rings is 1. The van der Waals surface area contributed by atoms with Crippen LogP contribution in [0.2, 0.25) is 0 Å². The van der Waals surface area contributed by atoms with Gasteiger partial charge in [-0.1, -0.05) is 12.1 Å². The second-order valence-corrected chi connectivity index (χ2v) is 6.11. The van der Waals surface area contributed by atoms with Crippen LogP contribution in [0.5, 0.6) is 0 Å². The molecule has 23 heavy (non-hydrogen) atoms. The minimum absolute atomic E-state index is 0.167. The number of nitrogens with zero attached hydrogens (tertiary/aromatic N) is 2. The lowest BCUT2D eigenvalue weighted by Crippen LogP contribution is -2.12. The molecular formula is C19H17FN2O. The van der Waals surface area contributed by atoms with Crippen molar-refractivity contribution in [2.45, 2.75) is 32.1 Å². The fraction of sp³-hybridized carbons (Fsp3) is 0.263. The summed E-state index contributed by atoms with van der Waals surface area (Å²) in [5.74, 6) is 1.64. The summed E-state index contributed by atoms with van der Waals surface area (Å²) < 4.78 is 19.5. The van der Waals surface area contributed by atoms with Gasteiger partial charge in [0.1, 0.15) is 17.3 Å². The molecule has 2 aromatic heterocycles. The van der Waals surface area contributed by atoms with Gasteiger partial charge in [0.25, 0.3) is 0 Å². The zero-order chi connectivity index (χ0) is 15.8. The number of pyridine rings is 1. The minimum Gasteiger partial charge on any atom is -0.440 e. The molecule has 3 nitrogen and oxygen atoms in total. The smallest absolute Gasteiger partial charge is 0.245 e. The van der Waals surface area contributed by atoms with Crippen LogP contribution in [0.25, 0.3) is 11.6 Å². The van der Waals surface area contributed by atoms with E-state index in [1.54, 1.807) is 18.3 Å². The maximum atomic E-state index is 13.7. The topological polar surface area (TPSA) is 38.9 Å². The zero-order valence-electron chi connectivity index (χ0n) is 12.9. The van der Waals surface area contributed by atoms with Crippen molar-refractivity contribution >= 4 is 0 Å². The molecule has 0 radical (unpaired) electrons. The summed E-state index contributed by atoms with van der Waals surface area (Å²) in [7, 11) is 0. The lowest BCUT2D eigenvalue weighted by Gasteiger charge is -2.21. The van der Waals surface area contributed by atoms with Crippen LogP contribution in [0.4, 0.5) is 4.39 Å². The molecule has 0 saturated heterocycles. The summed E-state index contributed by atoms with van der Waals surface area (Å²) in [6.45, 7) is 1.93. The molecule has 1 aliphatic rings. The molecule has 0 aliphatic heterocycles. The second kappa shape index (κ2) is 5.61. The van der Waals surface area contributed by atoms with Crippen molar-refractivity contribution in [1.82, 2.24) is 9.97 Å². The van der Waals surface area contributed by atoms with Gasteiger partial charge < -0.3 is 4.42 Å². The summed E-state index contributed by atoms with van der Waals surface area (Å²) in [5, 5.41) is 0. The van der Waals surface area contributed by atoms with Gasteiger partial charge in [-0.3, -0.25) is 4.98 Å². The number of rotatable bonds is 2. The van der Waals surface area contributed by atoms with E-state index >= 15 is 0 Å². The Morgan fingerprint density at radius 1 is 1.22 bits per heavy atom. The predicted octanol–water partition coefficient (Wildman–Crippen LogP) is 4.46. The van der Waals surface area contributed by atoms with E-state index < -0.39 is 0 Å². The molecular weight excluding hydrogens is 291 g/mol. The third-order valence-electron chi connectivity index (χ3n) is 4.36. The van der Waals surface area contributed by atoms with Crippen LogP contribution in [0.1, 0.15) is 34.9 Å². The molecule has 3 aromatic rings. The maximum Gasteiger partial charge on any atom is 0.245 e. The van der Waals surface area contributed by atoms with Crippen LogP contribution in [0.15, 0.2) is 47.0 Å². The standard InChI is InChI=1S/C19H17FN2O/c1-12-8-14(10-15(20)9-12)13-5-6-18-17(11-13)22-19(23-18)16-4-2-3-7-21-16/h2-4,7-10,13H,5-6,11H2,1H3. The normalized spacial score (nSPS) is 17.0. The SMILES string of the molecule is Cc1cc(F)cc(C2CCc3oc(-c4ccccn4)nc3C2)c1. The van der Waals surface area contributed by atoms with Gasteiger partial charge in [0.15, 0.2) is 0 Å². The van der Waals surface area contributed by atoms with E-state index in [1.165, 1.54) is 0 Å². The first kappa shape index (κ1) is 14.1. The van der Waals surface area contributed by atoms with E-state index in [-0.39, 0.29) is 5.82 Å². The van der Waals surface area contributed by atoms with Crippen molar-refractivity contribution in [1.29, 1.82) is 0 Å². The van der Waals surface area contributed by atoms with Crippen molar-refractivity contribution in [2.24, 2.45) is 0 Å². The summed E-state index contributed by atoms with van der Waals surface area (Å²) in [5.41, 5.74) is 3.74. The van der Waals surface area contributed by atoms with E-state index in [4.69, 9.17) is 4.42 Å². The van der Waals surface area contributed by atoms with Crippen LogP contribution in [0.3, 0.4) is 0 Å². The summed E-state index contributed by atoms with van der Waals surface area (Å²) >= 11 is 0. The summed E-state index contributed by atoms with van der Waals surface area (Å²) in [6, 6.07) is 11.0. The zero-order valence-corrected chi connectivity index (χ0v) is 12.9. The van der Waals surface area contributed by atoms with Crippen molar-refractivity contribution in [3.8, 4) is 11.6 Å². The van der Waals surface area contributed by atoms with E-state index in [1.807, 2.05) is 25.1 Å². The van der Waals surface area contributed by atoms with Gasteiger partial charge in [-0.15, -0.1) is 0 Å². The second-order valence-electron chi connectivity index (χ2n) is 6.11. The van der Waals surface area contributed by atoms with Crippen LogP contribution >= 0.6 is 0 Å². The third kappa shape index (κ3) is 2.77. The molecule has 1 aromatic carbocycles. The van der Waals surface area contributed by atoms with Crippen molar-refractivity contribution in [3.63, 3.8) is 0 Å². The molecule has 4 heteroatoms. The van der Waals surface area contributed by atoms with Gasteiger partial charge in [-0.05, 0) is 54.7 Å². The number of aryl methyl sites for hydroxylation is 2. The Labute approximate surface area is 134 Å². The average molecular weight is 308 g/mol. The molecule has 1 unspecified atom stereocenters. The molecule has 0 bridgehead atoms. The molecule has 116 valence electrons. The average Bonchev–Trinajstić information content (AvgIpc) is 2.98. The van der Waals surface area contributed by atoms with Crippen molar-refractivity contribution in [3.05, 3.63) is 71.0 Å². The number of fused-ring (bicyclic) bond motifs is 1. The highest BCUT2D eigenvalue weighted by molar-refractivity contribution is 5.47. The van der Waals surface area contributed by atoms with E-state index in [9.17, 15) is 4.39 Å². The number of halogens is 1. The number of aromatic nitrogens is 2. The highest BCUT2D eigenvalue weighted by Crippen LogP contribution is 2.35. The number of hydrogen-bond acceptors (Lipinski definition) is 3. The molecule has 1 aliphatic carbocycles. The number of oxazole rings is 1. The molecule has 0 amide bonds. The Morgan fingerprint density at radius 3 is 2.91 bits per heavy atom. The Kier molecular flexibility index (Phi) is 3.45. The highest BCUT2D eigenvalue weighted by atomic mass is 19.1. The van der Waals surface area contributed by atoms with Crippen LogP contribution in [0, 0.1) is 12.7 Å². The minimum atomic E-state index is -0.167. The third-order valence-corrected chi connectivity index (χ3v) is 4.36. The first-order valence-corrected chi connectivity index (χ1v) is 7.86. The quantitative estimate of drug-likeness (QED) is 0.702. The van der Waals surface area contributed by atoms with Crippen LogP contribution in [-0.4, -0.2) is 9.97 Å². The van der Waals surface area contributed by atoms with Gasteiger partial charge in [0, 0.05) is 19.0 Å². The first-order chi connectivity index (χ1) is 11.2. The van der Waals surface area contributed by atoms with Gasteiger partial charge in [0.2, 0.25) is 5.89 Å². The molecule has 0 N–H and O–H groups in total. The van der Waals surface area contributed by atoms with Gasteiger partial charge in [0.05, 0.1) is 5.69 Å². The summed E-state index contributed by atoms with van der Waals surface area (Å²) in [4.78, 5) is 8.91. The van der Waals surface area contributed by atoms with E-state index in [2.05, 4.69) is 16.0 Å². The maximum absolute atomic E-state index is 13.7. The van der Waals surface area contributed by atoms with Gasteiger partial charge >= 0.3 is 0 Å². The molecule has 0 fully saturated rings. The van der Waals surface area contributed by atoms with Crippen molar-refractivity contribution < 1.29 is 8.81 Å².